The minimum absolute atomic E-state index is 0.00464. The van der Waals surface area contributed by atoms with Crippen molar-refractivity contribution in [3.63, 3.8) is 0 Å². The number of aliphatic hydroxyl groups is 1. The fourth-order valence-corrected chi connectivity index (χ4v) is 7.47. The zero-order chi connectivity index (χ0) is 18.0. The molecule has 0 heterocycles. The summed E-state index contributed by atoms with van der Waals surface area (Å²) in [5, 5.41) is 10.1. The van der Waals surface area contributed by atoms with E-state index in [0.29, 0.717) is 11.8 Å². The van der Waals surface area contributed by atoms with Gasteiger partial charge in [-0.05, 0) is 86.9 Å². The van der Waals surface area contributed by atoms with Gasteiger partial charge >= 0.3 is 5.97 Å². The molecule has 3 fully saturated rings. The highest BCUT2D eigenvalue weighted by atomic mass is 16.5. The molecule has 3 heteroatoms. The maximum absolute atomic E-state index is 12.6. The Bertz CT molecular complexity index is 610. The van der Waals surface area contributed by atoms with Crippen LogP contribution in [-0.2, 0) is 9.53 Å². The summed E-state index contributed by atoms with van der Waals surface area (Å²) in [5.74, 6) is 2.03. The molecule has 0 unspecified atom stereocenters. The van der Waals surface area contributed by atoms with Gasteiger partial charge in [-0.25, -0.2) is 0 Å². The Kier molecular flexibility index (Phi) is 3.92. The number of allylic oxidation sites excluding steroid dienone is 1. The number of hydrogen-bond donors (Lipinski definition) is 1. The van der Waals surface area contributed by atoms with Gasteiger partial charge in [-0.1, -0.05) is 25.5 Å². The molecule has 4 rings (SSSR count). The molecule has 3 saturated carbocycles. The molecule has 1 N–H and O–H groups in total. The first kappa shape index (κ1) is 17.6. The number of aliphatic hydroxyl groups excluding tert-OH is 1. The van der Waals surface area contributed by atoms with E-state index < -0.39 is 0 Å². The summed E-state index contributed by atoms with van der Waals surface area (Å²) >= 11 is 0. The van der Waals surface area contributed by atoms with Crippen molar-refractivity contribution >= 4 is 5.97 Å². The predicted molar refractivity (Wildman–Crippen MR) is 97.8 cm³/mol. The molecule has 0 aromatic carbocycles. The Morgan fingerprint density at radius 3 is 2.56 bits per heavy atom. The van der Waals surface area contributed by atoms with E-state index in [4.69, 9.17) is 4.74 Å². The van der Waals surface area contributed by atoms with E-state index in [2.05, 4.69) is 26.8 Å². The number of ether oxygens (including phenoxy) is 1. The van der Waals surface area contributed by atoms with Crippen LogP contribution in [0.2, 0.25) is 0 Å². The van der Waals surface area contributed by atoms with Gasteiger partial charge < -0.3 is 9.84 Å². The Morgan fingerprint density at radius 2 is 1.84 bits per heavy atom. The number of rotatable bonds is 1. The lowest BCUT2D eigenvalue weighted by Crippen LogP contribution is -2.53. The highest BCUT2D eigenvalue weighted by Gasteiger charge is 2.65. The van der Waals surface area contributed by atoms with E-state index in [0.717, 1.165) is 50.9 Å². The number of carbonyl (C=O) groups excluding carboxylic acids is 1. The molecule has 25 heavy (non-hydrogen) atoms. The smallest absolute Gasteiger partial charge is 0.312 e. The molecule has 4 aliphatic carbocycles. The van der Waals surface area contributed by atoms with Gasteiger partial charge in [0.2, 0.25) is 0 Å². The Balaban J connectivity index is 1.68. The van der Waals surface area contributed by atoms with Crippen molar-refractivity contribution in [2.24, 2.45) is 34.0 Å². The van der Waals surface area contributed by atoms with Crippen molar-refractivity contribution in [1.29, 1.82) is 0 Å². The van der Waals surface area contributed by atoms with Gasteiger partial charge in [0.05, 0.1) is 18.6 Å². The Hall–Kier alpha value is -0.830. The number of esters is 1. The van der Waals surface area contributed by atoms with Crippen LogP contribution in [0.1, 0.15) is 72.1 Å². The standard InChI is InChI=1S/C22H34O3/c1-20-10-7-15(23)13-14(20)5-6-16-17(20)8-11-21(2)18(16)9-12-22(21,3)19(24)25-4/h5,15-18,23H,6-13H2,1-4H3/t15-,16+,17-,18-,20-,21-,22+/m0/s1. The molecule has 0 aliphatic heterocycles. The average Bonchev–Trinajstić information content (AvgIpc) is 2.87. The van der Waals surface area contributed by atoms with Crippen molar-refractivity contribution in [3.8, 4) is 0 Å². The molecular weight excluding hydrogens is 312 g/mol. The van der Waals surface area contributed by atoms with Crippen molar-refractivity contribution < 1.29 is 14.6 Å². The molecule has 0 amide bonds. The first-order chi connectivity index (χ1) is 11.8. The highest BCUT2D eigenvalue weighted by Crippen LogP contribution is 2.69. The third kappa shape index (κ3) is 2.17. The van der Waals surface area contributed by atoms with Gasteiger partial charge in [0.25, 0.3) is 0 Å². The summed E-state index contributed by atoms with van der Waals surface area (Å²) in [6.07, 6.45) is 10.9. The summed E-state index contributed by atoms with van der Waals surface area (Å²) in [4.78, 5) is 12.6. The van der Waals surface area contributed by atoms with Crippen LogP contribution in [0.4, 0.5) is 0 Å². The fourth-order valence-electron chi connectivity index (χ4n) is 7.47. The summed E-state index contributed by atoms with van der Waals surface area (Å²) in [6.45, 7) is 6.98. The lowest BCUT2D eigenvalue weighted by molar-refractivity contribution is -0.164. The number of carbonyl (C=O) groups is 1. The van der Waals surface area contributed by atoms with Crippen LogP contribution in [0.3, 0.4) is 0 Å². The molecule has 4 aliphatic rings. The van der Waals surface area contributed by atoms with E-state index in [9.17, 15) is 9.90 Å². The quantitative estimate of drug-likeness (QED) is 0.562. The maximum atomic E-state index is 12.6. The van der Waals surface area contributed by atoms with Crippen LogP contribution in [-0.4, -0.2) is 24.3 Å². The second-order valence-corrected chi connectivity index (χ2v) is 9.97. The van der Waals surface area contributed by atoms with Gasteiger partial charge in [-0.3, -0.25) is 4.79 Å². The second kappa shape index (κ2) is 5.58. The van der Waals surface area contributed by atoms with Gasteiger partial charge in [-0.15, -0.1) is 0 Å². The normalized spacial score (nSPS) is 51.8. The Labute approximate surface area is 152 Å². The first-order valence-corrected chi connectivity index (χ1v) is 10.2. The third-order valence-electron chi connectivity index (χ3n) is 9.32. The average molecular weight is 347 g/mol. The molecule has 3 nitrogen and oxygen atoms in total. The zero-order valence-corrected chi connectivity index (χ0v) is 16.3. The molecule has 7 atom stereocenters. The van der Waals surface area contributed by atoms with E-state index in [1.165, 1.54) is 12.0 Å². The highest BCUT2D eigenvalue weighted by molar-refractivity contribution is 5.78. The van der Waals surface area contributed by atoms with E-state index in [1.807, 2.05) is 0 Å². The van der Waals surface area contributed by atoms with Gasteiger partial charge in [0.1, 0.15) is 0 Å². The summed E-state index contributed by atoms with van der Waals surface area (Å²) in [6, 6.07) is 0. The molecule has 140 valence electrons. The third-order valence-corrected chi connectivity index (χ3v) is 9.32. The largest absolute Gasteiger partial charge is 0.469 e. The van der Waals surface area contributed by atoms with Crippen LogP contribution < -0.4 is 0 Å². The lowest BCUT2D eigenvalue weighted by Gasteiger charge is -2.59. The number of methoxy groups -OCH3 is 1. The maximum Gasteiger partial charge on any atom is 0.312 e. The molecule has 0 radical (unpaired) electrons. The van der Waals surface area contributed by atoms with E-state index >= 15 is 0 Å². The number of hydrogen-bond acceptors (Lipinski definition) is 3. The van der Waals surface area contributed by atoms with Crippen molar-refractivity contribution in [1.82, 2.24) is 0 Å². The van der Waals surface area contributed by atoms with Crippen LogP contribution in [0.15, 0.2) is 11.6 Å². The van der Waals surface area contributed by atoms with Crippen LogP contribution in [0.5, 0.6) is 0 Å². The SMILES string of the molecule is COC(=O)[C@@]1(C)CC[C@H]2[C@@H]3CC=C4C[C@@H](O)CC[C@]4(C)[C@H]3CC[C@@]21C. The Morgan fingerprint density at radius 1 is 1.12 bits per heavy atom. The molecule has 0 bridgehead atoms. The summed E-state index contributed by atoms with van der Waals surface area (Å²) < 4.78 is 5.23. The molecule has 0 aromatic heterocycles. The fraction of sp³-hybridized carbons (Fsp3) is 0.864. The van der Waals surface area contributed by atoms with Crippen molar-refractivity contribution in [2.45, 2.75) is 78.2 Å². The number of fused-ring (bicyclic) bond motifs is 5. The monoisotopic (exact) mass is 346 g/mol. The van der Waals surface area contributed by atoms with Crippen molar-refractivity contribution in [2.75, 3.05) is 7.11 Å². The first-order valence-electron chi connectivity index (χ1n) is 10.2. The minimum atomic E-state index is -0.328. The zero-order valence-electron chi connectivity index (χ0n) is 16.3. The van der Waals surface area contributed by atoms with Crippen LogP contribution >= 0.6 is 0 Å². The second-order valence-electron chi connectivity index (χ2n) is 9.97. The van der Waals surface area contributed by atoms with Gasteiger partial charge in [-0.2, -0.15) is 0 Å². The predicted octanol–water partition coefficient (Wildman–Crippen LogP) is 4.49. The van der Waals surface area contributed by atoms with E-state index in [1.54, 1.807) is 7.11 Å². The minimum Gasteiger partial charge on any atom is -0.469 e. The molecular formula is C22H34O3. The summed E-state index contributed by atoms with van der Waals surface area (Å²) in [5.41, 5.74) is 1.53. The van der Waals surface area contributed by atoms with Crippen LogP contribution in [0, 0.1) is 34.0 Å². The topological polar surface area (TPSA) is 46.5 Å². The lowest BCUT2D eigenvalue weighted by atomic mass is 9.46. The molecule has 0 spiro atoms. The van der Waals surface area contributed by atoms with E-state index in [-0.39, 0.29) is 28.3 Å². The molecule has 0 saturated heterocycles. The summed E-state index contributed by atoms with van der Waals surface area (Å²) in [7, 11) is 1.54. The van der Waals surface area contributed by atoms with Gasteiger partial charge in [0, 0.05) is 0 Å². The molecule has 0 aromatic rings. The van der Waals surface area contributed by atoms with Crippen LogP contribution in [0.25, 0.3) is 0 Å². The van der Waals surface area contributed by atoms with Crippen molar-refractivity contribution in [3.05, 3.63) is 11.6 Å². The van der Waals surface area contributed by atoms with Gasteiger partial charge in [0.15, 0.2) is 0 Å².